The molecule has 6 nitrogen and oxygen atoms in total. The number of carbonyl (C=O) groups is 1. The number of para-hydroxylation sites is 1. The number of thiocarbonyl (C=S) groups is 2. The van der Waals surface area contributed by atoms with E-state index in [-0.39, 0.29) is 13.2 Å². The number of benzene rings is 1. The molecule has 1 N–H and O–H groups in total. The summed E-state index contributed by atoms with van der Waals surface area (Å²) in [7, 11) is 0. The highest BCUT2D eigenvalue weighted by Gasteiger charge is 2.32. The fraction of sp³-hybridized carbons (Fsp3) is 0.375. The number of nitriles is 1. The normalized spacial score (nSPS) is 14.9. The van der Waals surface area contributed by atoms with Crippen LogP contribution in [0.4, 0.5) is 5.69 Å². The lowest BCUT2D eigenvalue weighted by Crippen LogP contribution is -2.40. The summed E-state index contributed by atoms with van der Waals surface area (Å²) in [5, 5.41) is 13.3. The molecule has 1 aliphatic heterocycles. The van der Waals surface area contributed by atoms with Crippen LogP contribution in [-0.2, 0) is 9.53 Å². The highest BCUT2D eigenvalue weighted by atomic mass is 32.1. The van der Waals surface area contributed by atoms with Gasteiger partial charge in [0.2, 0.25) is 0 Å². The Morgan fingerprint density at radius 2 is 2.12 bits per heavy atom. The molecule has 1 heterocycles. The third-order valence-corrected chi connectivity index (χ3v) is 4.30. The number of nitrogens with zero attached hydrogens (tertiary/aromatic N) is 3. The third kappa shape index (κ3) is 4.40. The molecule has 0 aromatic heterocycles. The zero-order valence-electron chi connectivity index (χ0n) is 13.3. The Labute approximate surface area is 152 Å². The highest BCUT2D eigenvalue weighted by molar-refractivity contribution is 7.82. The van der Waals surface area contributed by atoms with Crippen LogP contribution in [0.15, 0.2) is 30.3 Å². The topological polar surface area (TPSA) is 68.6 Å². The van der Waals surface area contributed by atoms with Crippen LogP contribution in [-0.4, -0.2) is 52.2 Å². The molecule has 1 unspecified atom stereocenters. The van der Waals surface area contributed by atoms with Gasteiger partial charge in [0.05, 0.1) is 12.7 Å². The fourth-order valence-corrected chi connectivity index (χ4v) is 2.99. The fourth-order valence-electron chi connectivity index (χ4n) is 2.28. The van der Waals surface area contributed by atoms with Crippen molar-refractivity contribution in [2.24, 2.45) is 5.92 Å². The minimum Gasteiger partial charge on any atom is -0.465 e. The summed E-state index contributed by atoms with van der Waals surface area (Å²) in [6.45, 7) is 3.38. The van der Waals surface area contributed by atoms with Crippen LogP contribution in [0.2, 0.25) is 0 Å². The second-order valence-electron chi connectivity index (χ2n) is 5.11. The summed E-state index contributed by atoms with van der Waals surface area (Å²) >= 11 is 10.8. The van der Waals surface area contributed by atoms with Crippen molar-refractivity contribution in [3.8, 4) is 6.07 Å². The van der Waals surface area contributed by atoms with Crippen LogP contribution in [0.5, 0.6) is 0 Å². The van der Waals surface area contributed by atoms with E-state index in [1.807, 2.05) is 36.4 Å². The molecule has 1 fully saturated rings. The lowest BCUT2D eigenvalue weighted by Gasteiger charge is -2.23. The van der Waals surface area contributed by atoms with E-state index in [1.165, 1.54) is 0 Å². The van der Waals surface area contributed by atoms with E-state index in [0.29, 0.717) is 23.3 Å². The van der Waals surface area contributed by atoms with Gasteiger partial charge in [-0.1, -0.05) is 18.2 Å². The summed E-state index contributed by atoms with van der Waals surface area (Å²) in [6, 6.07) is 11.6. The van der Waals surface area contributed by atoms with Gasteiger partial charge >= 0.3 is 5.97 Å². The number of rotatable bonds is 5. The predicted octanol–water partition coefficient (Wildman–Crippen LogP) is 1.99. The van der Waals surface area contributed by atoms with Crippen LogP contribution < -0.4 is 5.32 Å². The van der Waals surface area contributed by atoms with Crippen molar-refractivity contribution in [2.45, 2.75) is 6.92 Å². The predicted molar refractivity (Wildman–Crippen MR) is 99.3 cm³/mol. The Hall–Kier alpha value is -2.24. The first-order valence-electron chi connectivity index (χ1n) is 7.55. The van der Waals surface area contributed by atoms with Crippen molar-refractivity contribution in [2.75, 3.05) is 31.6 Å². The van der Waals surface area contributed by atoms with E-state index >= 15 is 0 Å². The number of carbonyl (C=O) groups excluding carboxylic acids is 1. The number of hydrogen-bond acceptors (Lipinski definition) is 5. The maximum atomic E-state index is 11.8. The molecule has 0 saturated carbocycles. The molecule has 1 atom stereocenters. The van der Waals surface area contributed by atoms with E-state index in [2.05, 4.69) is 5.32 Å². The Morgan fingerprint density at radius 1 is 1.42 bits per heavy atom. The minimum absolute atomic E-state index is 0.207. The Bertz CT molecular complexity index is 660. The van der Waals surface area contributed by atoms with Crippen molar-refractivity contribution in [3.05, 3.63) is 30.3 Å². The van der Waals surface area contributed by atoms with Crippen LogP contribution >= 0.6 is 24.4 Å². The van der Waals surface area contributed by atoms with Crippen molar-refractivity contribution in [1.29, 1.82) is 5.26 Å². The van der Waals surface area contributed by atoms with E-state index < -0.39 is 11.9 Å². The average molecular weight is 362 g/mol. The molecule has 8 heteroatoms. The van der Waals surface area contributed by atoms with Crippen molar-refractivity contribution in [1.82, 2.24) is 9.80 Å². The first kappa shape index (κ1) is 18.1. The second-order valence-corrected chi connectivity index (χ2v) is 5.86. The number of hydrogen-bond donors (Lipinski definition) is 1. The standard InChI is InChI=1S/C16H18N4O2S2/c1-2-22-14(21)12(10-17)11-19-8-9-20(16(19)24)15(23)18-13-6-4-3-5-7-13/h3-7,12H,2,8-9,11H2,1H3,(H,18,23). The monoisotopic (exact) mass is 362 g/mol. The summed E-state index contributed by atoms with van der Waals surface area (Å²) in [5.41, 5.74) is 0.880. The van der Waals surface area contributed by atoms with Gasteiger partial charge in [-0.3, -0.25) is 9.69 Å². The largest absolute Gasteiger partial charge is 0.465 e. The molecule has 0 bridgehead atoms. The number of nitrogens with one attached hydrogen (secondary N) is 1. The summed E-state index contributed by atoms with van der Waals surface area (Å²) in [6.07, 6.45) is 0. The number of anilines is 1. The molecule has 1 aromatic carbocycles. The van der Waals surface area contributed by atoms with E-state index in [0.717, 1.165) is 5.69 Å². The molecular weight excluding hydrogens is 344 g/mol. The van der Waals surface area contributed by atoms with Gasteiger partial charge < -0.3 is 15.0 Å². The maximum Gasteiger partial charge on any atom is 0.325 e. The van der Waals surface area contributed by atoms with Gasteiger partial charge in [0, 0.05) is 25.3 Å². The first-order chi connectivity index (χ1) is 11.6. The summed E-state index contributed by atoms with van der Waals surface area (Å²) in [4.78, 5) is 15.4. The van der Waals surface area contributed by atoms with Gasteiger partial charge in [0.1, 0.15) is 0 Å². The zero-order valence-corrected chi connectivity index (χ0v) is 14.9. The molecule has 126 valence electrons. The molecule has 0 radical (unpaired) electrons. The Balaban J connectivity index is 1.95. The van der Waals surface area contributed by atoms with E-state index in [9.17, 15) is 4.79 Å². The molecule has 0 spiro atoms. The van der Waals surface area contributed by atoms with Gasteiger partial charge in [0.15, 0.2) is 16.1 Å². The lowest BCUT2D eigenvalue weighted by atomic mass is 10.1. The Kier molecular flexibility index (Phi) is 6.46. The van der Waals surface area contributed by atoms with E-state index in [4.69, 9.17) is 34.4 Å². The van der Waals surface area contributed by atoms with Crippen LogP contribution in [0.3, 0.4) is 0 Å². The molecule has 1 aliphatic rings. The molecule has 0 amide bonds. The molecular formula is C16H18N4O2S2. The molecule has 2 rings (SSSR count). The third-order valence-electron chi connectivity index (χ3n) is 3.50. The zero-order chi connectivity index (χ0) is 17.5. The maximum absolute atomic E-state index is 11.8. The molecule has 0 aliphatic carbocycles. The quantitative estimate of drug-likeness (QED) is 0.630. The van der Waals surface area contributed by atoms with Crippen LogP contribution in [0.25, 0.3) is 0 Å². The first-order valence-corrected chi connectivity index (χ1v) is 8.37. The van der Waals surface area contributed by atoms with Gasteiger partial charge in [0.25, 0.3) is 0 Å². The summed E-state index contributed by atoms with van der Waals surface area (Å²) in [5.74, 6) is -1.38. The lowest BCUT2D eigenvalue weighted by molar-refractivity contribution is -0.146. The van der Waals surface area contributed by atoms with Crippen molar-refractivity contribution < 1.29 is 9.53 Å². The minimum atomic E-state index is -0.862. The van der Waals surface area contributed by atoms with Gasteiger partial charge in [-0.2, -0.15) is 5.26 Å². The Morgan fingerprint density at radius 3 is 2.75 bits per heavy atom. The van der Waals surface area contributed by atoms with Gasteiger partial charge in [-0.15, -0.1) is 0 Å². The molecule has 24 heavy (non-hydrogen) atoms. The SMILES string of the molecule is CCOC(=O)C(C#N)CN1CCN(C(=S)Nc2ccccc2)C1=S. The highest BCUT2D eigenvalue weighted by Crippen LogP contribution is 2.15. The number of ether oxygens (including phenoxy) is 1. The van der Waals surface area contributed by atoms with Gasteiger partial charge in [-0.05, 0) is 43.5 Å². The van der Waals surface area contributed by atoms with Crippen molar-refractivity contribution >= 4 is 46.3 Å². The molecule has 1 saturated heterocycles. The second kappa shape index (κ2) is 8.57. The number of esters is 1. The molecule has 1 aromatic rings. The summed E-state index contributed by atoms with van der Waals surface area (Å²) < 4.78 is 4.91. The van der Waals surface area contributed by atoms with E-state index in [1.54, 1.807) is 16.7 Å². The van der Waals surface area contributed by atoms with Crippen molar-refractivity contribution in [3.63, 3.8) is 0 Å². The average Bonchev–Trinajstić information content (AvgIpc) is 2.94. The smallest absolute Gasteiger partial charge is 0.325 e. The van der Waals surface area contributed by atoms with Gasteiger partial charge in [-0.25, -0.2) is 0 Å². The van der Waals surface area contributed by atoms with Crippen LogP contribution in [0, 0.1) is 17.2 Å². The van der Waals surface area contributed by atoms with Crippen LogP contribution in [0.1, 0.15) is 6.92 Å².